The average Bonchev–Trinajstić information content (AvgIpc) is 3.03. The van der Waals surface area contributed by atoms with Gasteiger partial charge in [0.2, 0.25) is 0 Å². The first-order valence-corrected chi connectivity index (χ1v) is 22.2. The van der Waals surface area contributed by atoms with E-state index in [1.165, 1.54) is 220 Å². The molecule has 0 fully saturated rings. The molecular weight excluding hydrogens is 569 g/mol. The van der Waals surface area contributed by atoms with E-state index in [0.29, 0.717) is 0 Å². The molecule has 0 aliphatic carbocycles. The Morgan fingerprint density at radius 3 is 0.886 bits per heavy atom. The summed E-state index contributed by atoms with van der Waals surface area (Å²) in [5.74, 6) is 2.58. The van der Waals surface area contributed by atoms with E-state index >= 15 is 0 Å². The lowest BCUT2D eigenvalue weighted by atomic mass is 10.0. The highest BCUT2D eigenvalue weighted by molar-refractivity contribution is 8.00. The number of unbranched alkanes of at least 4 members (excludes halogenated alkanes) is 27. The van der Waals surface area contributed by atoms with Crippen molar-refractivity contribution in [3.05, 3.63) is 23.8 Å². The highest BCUT2D eigenvalue weighted by Crippen LogP contribution is 2.30. The Morgan fingerprint density at radius 2 is 0.591 bits per heavy atom. The van der Waals surface area contributed by atoms with Crippen LogP contribution in [0.4, 0.5) is 0 Å². The zero-order chi connectivity index (χ0) is 31.6. The summed E-state index contributed by atoms with van der Waals surface area (Å²) in [5, 5.41) is 0. The second-order valence-corrected chi connectivity index (χ2v) is 16.1. The van der Waals surface area contributed by atoms with Crippen LogP contribution < -0.4 is 0 Å². The number of hydrogen-bond acceptors (Lipinski definition) is 2. The summed E-state index contributed by atoms with van der Waals surface area (Å²) in [6, 6.07) is 7.50. The minimum atomic E-state index is 1.25. The molecule has 0 N–H and O–H groups in total. The number of hydrogen-bond donors (Lipinski definition) is 0. The molecule has 0 aliphatic heterocycles. The van der Waals surface area contributed by atoms with Crippen LogP contribution in [-0.4, -0.2) is 11.5 Å². The van der Waals surface area contributed by atoms with Gasteiger partial charge in [0, 0.05) is 9.79 Å². The SMILES string of the molecule is CCCCCCCCCCCCCCCCSc1cc(CCCC)cc(SCCCCCCCCCCCCCCCC)c1. The van der Waals surface area contributed by atoms with Crippen molar-refractivity contribution in [2.45, 2.75) is 230 Å². The van der Waals surface area contributed by atoms with E-state index in [-0.39, 0.29) is 0 Å². The smallest absolute Gasteiger partial charge is 0.00858 e. The Bertz CT molecular complexity index is 647. The maximum absolute atomic E-state index is 2.50. The van der Waals surface area contributed by atoms with Crippen molar-refractivity contribution in [2.24, 2.45) is 0 Å². The average molecular weight is 647 g/mol. The highest BCUT2D eigenvalue weighted by atomic mass is 32.2. The molecule has 1 rings (SSSR count). The van der Waals surface area contributed by atoms with Gasteiger partial charge in [0.05, 0.1) is 0 Å². The second-order valence-electron chi connectivity index (χ2n) is 13.8. The molecule has 0 aliphatic rings. The second kappa shape index (κ2) is 34.3. The predicted molar refractivity (Wildman–Crippen MR) is 207 cm³/mol. The molecule has 0 aromatic heterocycles. The molecule has 0 saturated heterocycles. The van der Waals surface area contributed by atoms with Crippen LogP contribution in [0.3, 0.4) is 0 Å². The minimum Gasteiger partial charge on any atom is -0.126 e. The molecule has 0 heterocycles. The van der Waals surface area contributed by atoms with E-state index in [4.69, 9.17) is 0 Å². The standard InChI is InChI=1S/C42H78S2/c1-4-7-10-12-14-16-18-20-22-24-26-28-30-32-35-43-41-37-40(34-9-6-3)38-42(39-41)44-36-33-31-29-27-25-23-21-19-17-15-13-11-8-5-2/h37-39H,4-36H2,1-3H3. The maximum Gasteiger partial charge on any atom is 0.00858 e. The lowest BCUT2D eigenvalue weighted by molar-refractivity contribution is 0.538. The lowest BCUT2D eigenvalue weighted by Gasteiger charge is -2.10. The van der Waals surface area contributed by atoms with Crippen molar-refractivity contribution in [3.8, 4) is 0 Å². The molecule has 0 saturated carbocycles. The fraction of sp³-hybridized carbons (Fsp3) is 0.857. The van der Waals surface area contributed by atoms with E-state index < -0.39 is 0 Å². The van der Waals surface area contributed by atoms with Crippen LogP contribution in [0, 0.1) is 0 Å². The number of benzene rings is 1. The predicted octanol–water partition coefficient (Wildman–Crippen LogP) is 16.2. The van der Waals surface area contributed by atoms with E-state index in [0.717, 1.165) is 0 Å². The first-order chi connectivity index (χ1) is 21.8. The first-order valence-electron chi connectivity index (χ1n) is 20.2. The number of rotatable bonds is 35. The van der Waals surface area contributed by atoms with Crippen molar-refractivity contribution >= 4 is 23.5 Å². The van der Waals surface area contributed by atoms with Crippen LogP contribution >= 0.6 is 23.5 Å². The van der Waals surface area contributed by atoms with Gasteiger partial charge in [0.15, 0.2) is 0 Å². The third kappa shape index (κ3) is 28.2. The Hall–Kier alpha value is -0.0800. The molecule has 0 unspecified atom stereocenters. The first kappa shape index (κ1) is 41.9. The van der Waals surface area contributed by atoms with Gasteiger partial charge in [-0.1, -0.05) is 194 Å². The van der Waals surface area contributed by atoms with Crippen LogP contribution in [-0.2, 0) is 6.42 Å². The van der Waals surface area contributed by atoms with Gasteiger partial charge in [0.1, 0.15) is 0 Å². The van der Waals surface area contributed by atoms with Gasteiger partial charge in [-0.3, -0.25) is 0 Å². The van der Waals surface area contributed by atoms with Crippen molar-refractivity contribution in [2.75, 3.05) is 11.5 Å². The Labute approximate surface area is 287 Å². The van der Waals surface area contributed by atoms with Gasteiger partial charge in [-0.25, -0.2) is 0 Å². The normalized spacial score (nSPS) is 11.5. The molecule has 2 heteroatoms. The molecule has 0 atom stereocenters. The molecular formula is C42H78S2. The van der Waals surface area contributed by atoms with Gasteiger partial charge >= 0.3 is 0 Å². The Kier molecular flexibility index (Phi) is 32.7. The van der Waals surface area contributed by atoms with Gasteiger partial charge in [-0.05, 0) is 61.0 Å². The number of aryl methyl sites for hydroxylation is 1. The van der Waals surface area contributed by atoms with Crippen LogP contribution in [0.5, 0.6) is 0 Å². The van der Waals surface area contributed by atoms with E-state index in [1.54, 1.807) is 5.56 Å². The van der Waals surface area contributed by atoms with Crippen LogP contribution in [0.2, 0.25) is 0 Å². The summed E-state index contributed by atoms with van der Waals surface area (Å²) in [7, 11) is 0. The summed E-state index contributed by atoms with van der Waals surface area (Å²) >= 11 is 4.23. The Balaban J connectivity index is 2.09. The third-order valence-corrected chi connectivity index (χ3v) is 11.4. The summed E-state index contributed by atoms with van der Waals surface area (Å²) in [6.07, 6.45) is 44.3. The molecule has 0 radical (unpaired) electrons. The Morgan fingerprint density at radius 1 is 0.318 bits per heavy atom. The molecule has 258 valence electrons. The van der Waals surface area contributed by atoms with Gasteiger partial charge in [-0.2, -0.15) is 0 Å². The van der Waals surface area contributed by atoms with E-state index in [1.807, 2.05) is 0 Å². The lowest BCUT2D eigenvalue weighted by Crippen LogP contribution is -1.90. The zero-order valence-corrected chi connectivity index (χ0v) is 32.0. The van der Waals surface area contributed by atoms with Gasteiger partial charge < -0.3 is 0 Å². The van der Waals surface area contributed by atoms with Gasteiger partial charge in [0.25, 0.3) is 0 Å². The zero-order valence-electron chi connectivity index (χ0n) is 30.4. The monoisotopic (exact) mass is 647 g/mol. The van der Waals surface area contributed by atoms with E-state index in [9.17, 15) is 0 Å². The highest BCUT2D eigenvalue weighted by Gasteiger charge is 2.04. The largest absolute Gasteiger partial charge is 0.126 e. The van der Waals surface area contributed by atoms with E-state index in [2.05, 4.69) is 62.5 Å². The maximum atomic E-state index is 2.50. The fourth-order valence-electron chi connectivity index (χ4n) is 6.30. The minimum absolute atomic E-state index is 1.25. The van der Waals surface area contributed by atoms with Crippen LogP contribution in [0.15, 0.2) is 28.0 Å². The molecule has 0 spiro atoms. The molecule has 1 aromatic carbocycles. The van der Waals surface area contributed by atoms with Crippen LogP contribution in [0.1, 0.15) is 219 Å². The van der Waals surface area contributed by atoms with Gasteiger partial charge in [-0.15, -0.1) is 23.5 Å². The fourth-order valence-corrected chi connectivity index (χ4v) is 8.43. The summed E-state index contributed by atoms with van der Waals surface area (Å²) in [4.78, 5) is 3.05. The summed E-state index contributed by atoms with van der Waals surface area (Å²) in [6.45, 7) is 6.94. The van der Waals surface area contributed by atoms with Crippen molar-refractivity contribution in [3.63, 3.8) is 0 Å². The quantitative estimate of drug-likeness (QED) is 0.0531. The van der Waals surface area contributed by atoms with Crippen molar-refractivity contribution < 1.29 is 0 Å². The number of thioether (sulfide) groups is 2. The summed E-state index contributed by atoms with van der Waals surface area (Å²) < 4.78 is 0. The molecule has 0 amide bonds. The van der Waals surface area contributed by atoms with Crippen molar-refractivity contribution in [1.29, 1.82) is 0 Å². The molecule has 0 nitrogen and oxygen atoms in total. The molecule has 44 heavy (non-hydrogen) atoms. The topological polar surface area (TPSA) is 0 Å². The molecule has 0 bridgehead atoms. The molecule has 1 aromatic rings. The van der Waals surface area contributed by atoms with Crippen molar-refractivity contribution in [1.82, 2.24) is 0 Å². The van der Waals surface area contributed by atoms with Crippen LogP contribution in [0.25, 0.3) is 0 Å². The summed E-state index contributed by atoms with van der Waals surface area (Å²) in [5.41, 5.74) is 1.57. The third-order valence-electron chi connectivity index (χ3n) is 9.29.